The second-order valence-corrected chi connectivity index (χ2v) is 11.0. The smallest absolute Gasteiger partial charge is 0.325 e. The number of aliphatic carboxylic acids is 1. The number of likely N-dealkylation sites (N-methyl/N-ethyl adjacent to an activating group) is 1. The van der Waals surface area contributed by atoms with Gasteiger partial charge in [-0.2, -0.15) is 0 Å². The van der Waals surface area contributed by atoms with Gasteiger partial charge in [-0.3, -0.25) is 9.69 Å². The number of aryl methyl sites for hydroxylation is 2. The molecule has 2 aliphatic heterocycles. The number of aliphatic hydroxyl groups is 1. The molecule has 2 aliphatic rings. The Balaban J connectivity index is 1.30. The van der Waals surface area contributed by atoms with Crippen molar-refractivity contribution < 1.29 is 24.1 Å². The van der Waals surface area contributed by atoms with Crippen molar-refractivity contribution in [1.82, 2.24) is 14.8 Å². The molecule has 0 saturated carbocycles. The molecule has 1 saturated heterocycles. The minimum absolute atomic E-state index is 0.0442. The number of likely N-dealkylation sites (tertiary alicyclic amines) is 1. The molecular weight excluding hydrogens is 499 g/mol. The molecule has 1 aromatic heterocycles. The van der Waals surface area contributed by atoms with Crippen LogP contribution in [0.4, 0.5) is 10.2 Å². The van der Waals surface area contributed by atoms with Crippen molar-refractivity contribution in [3.05, 3.63) is 52.5 Å². The van der Waals surface area contributed by atoms with E-state index < -0.39 is 17.8 Å². The first-order valence-electron chi connectivity index (χ1n) is 14.2. The van der Waals surface area contributed by atoms with Crippen molar-refractivity contribution >= 4 is 11.8 Å². The summed E-state index contributed by atoms with van der Waals surface area (Å²) in [5, 5.41) is 23.1. The number of hydrogen-bond acceptors (Lipinski definition) is 7. The van der Waals surface area contributed by atoms with Gasteiger partial charge < -0.3 is 25.2 Å². The van der Waals surface area contributed by atoms with Crippen LogP contribution in [0.5, 0.6) is 5.75 Å². The highest BCUT2D eigenvalue weighted by atomic mass is 19.1. The van der Waals surface area contributed by atoms with Crippen LogP contribution in [0.25, 0.3) is 0 Å². The van der Waals surface area contributed by atoms with E-state index in [9.17, 15) is 19.4 Å². The zero-order valence-corrected chi connectivity index (χ0v) is 23.5. The van der Waals surface area contributed by atoms with Crippen LogP contribution >= 0.6 is 0 Å². The van der Waals surface area contributed by atoms with E-state index in [1.807, 2.05) is 4.90 Å². The summed E-state index contributed by atoms with van der Waals surface area (Å²) >= 11 is 0. The van der Waals surface area contributed by atoms with Crippen LogP contribution in [0.15, 0.2) is 24.3 Å². The first kappa shape index (κ1) is 29.2. The molecule has 9 heteroatoms. The maximum Gasteiger partial charge on any atom is 0.325 e. The molecule has 0 aliphatic carbocycles. The molecule has 2 aromatic rings. The molecule has 0 spiro atoms. The van der Waals surface area contributed by atoms with Crippen molar-refractivity contribution in [1.29, 1.82) is 0 Å². The Morgan fingerprint density at radius 3 is 2.87 bits per heavy atom. The number of pyridine rings is 1. The fraction of sp³-hybridized carbons (Fsp3) is 0.600. The predicted molar refractivity (Wildman–Crippen MR) is 150 cm³/mol. The van der Waals surface area contributed by atoms with Crippen LogP contribution in [-0.2, 0) is 17.6 Å². The highest BCUT2D eigenvalue weighted by Gasteiger charge is 2.37. The number of hydrogen-bond donors (Lipinski definition) is 3. The minimum atomic E-state index is -1.03. The monoisotopic (exact) mass is 542 g/mol. The fourth-order valence-electron chi connectivity index (χ4n) is 5.83. The van der Waals surface area contributed by atoms with Crippen molar-refractivity contribution in [3.63, 3.8) is 0 Å². The molecule has 3 atom stereocenters. The Bertz CT molecular complexity index is 1130. The van der Waals surface area contributed by atoms with E-state index in [0.717, 1.165) is 63.1 Å². The van der Waals surface area contributed by atoms with Gasteiger partial charge in [0.05, 0.1) is 7.11 Å². The average molecular weight is 543 g/mol. The fourth-order valence-corrected chi connectivity index (χ4v) is 5.83. The number of nitrogens with zero attached hydrogens (tertiary/aromatic N) is 3. The van der Waals surface area contributed by atoms with Gasteiger partial charge >= 0.3 is 5.97 Å². The summed E-state index contributed by atoms with van der Waals surface area (Å²) in [7, 11) is 3.46. The third-order valence-corrected chi connectivity index (χ3v) is 8.25. The second-order valence-electron chi connectivity index (χ2n) is 11.0. The number of halogens is 1. The lowest BCUT2D eigenvalue weighted by Gasteiger charge is -2.29. The number of carboxylic acid groups (broad SMARTS) is 1. The van der Waals surface area contributed by atoms with Gasteiger partial charge in [-0.25, -0.2) is 9.37 Å². The molecule has 0 unspecified atom stereocenters. The molecule has 1 aromatic carbocycles. The van der Waals surface area contributed by atoms with Gasteiger partial charge in [0.1, 0.15) is 11.9 Å². The number of benzene rings is 1. The van der Waals surface area contributed by atoms with Crippen LogP contribution in [0.1, 0.15) is 73.4 Å². The lowest BCUT2D eigenvalue weighted by molar-refractivity contribution is -0.143. The molecule has 0 bridgehead atoms. The Labute approximate surface area is 231 Å². The summed E-state index contributed by atoms with van der Waals surface area (Å²) in [5.41, 5.74) is 3.33. The average Bonchev–Trinajstić information content (AvgIpc) is 3.41. The second kappa shape index (κ2) is 13.5. The first-order chi connectivity index (χ1) is 18.8. The van der Waals surface area contributed by atoms with E-state index in [-0.39, 0.29) is 24.3 Å². The van der Waals surface area contributed by atoms with Crippen LogP contribution in [0.2, 0.25) is 0 Å². The Kier molecular flexibility index (Phi) is 10.2. The summed E-state index contributed by atoms with van der Waals surface area (Å²) in [6, 6.07) is 6.58. The number of aromatic nitrogens is 1. The maximum atomic E-state index is 14.9. The highest BCUT2D eigenvalue weighted by molar-refractivity contribution is 5.77. The third-order valence-electron chi connectivity index (χ3n) is 8.25. The highest BCUT2D eigenvalue weighted by Crippen LogP contribution is 2.37. The molecule has 214 valence electrons. The van der Waals surface area contributed by atoms with Gasteiger partial charge in [0.2, 0.25) is 0 Å². The first-order valence-corrected chi connectivity index (χ1v) is 14.2. The molecule has 39 heavy (non-hydrogen) atoms. The van der Waals surface area contributed by atoms with Gasteiger partial charge in [0.15, 0.2) is 11.6 Å². The Morgan fingerprint density at radius 1 is 1.31 bits per heavy atom. The van der Waals surface area contributed by atoms with Crippen molar-refractivity contribution in [3.8, 4) is 5.75 Å². The molecule has 3 heterocycles. The lowest BCUT2D eigenvalue weighted by Crippen LogP contribution is -2.38. The number of carbonyl (C=O) groups is 1. The zero-order valence-electron chi connectivity index (χ0n) is 23.5. The topological polar surface area (TPSA) is 98.2 Å². The van der Waals surface area contributed by atoms with E-state index in [1.165, 1.54) is 25.2 Å². The number of nitrogens with one attached hydrogen (secondary N) is 1. The summed E-state index contributed by atoms with van der Waals surface area (Å²) in [4.78, 5) is 21.5. The number of aliphatic hydroxyl groups excluding tert-OH is 1. The summed E-state index contributed by atoms with van der Waals surface area (Å²) in [6.07, 6.45) is 7.36. The summed E-state index contributed by atoms with van der Waals surface area (Å²) in [5.74, 6) is -0.936. The van der Waals surface area contributed by atoms with Crippen LogP contribution in [-0.4, -0.2) is 84.0 Å². The number of unbranched alkanes of at least 4 members (excludes halogenated alkanes) is 2. The minimum Gasteiger partial charge on any atom is -0.493 e. The molecule has 1 fully saturated rings. The molecule has 0 amide bonds. The van der Waals surface area contributed by atoms with Gasteiger partial charge in [-0.05, 0) is 81.4 Å². The normalized spacial score (nSPS) is 19.0. The molecular formula is C30H43FN4O4. The van der Waals surface area contributed by atoms with E-state index in [4.69, 9.17) is 9.72 Å². The zero-order chi connectivity index (χ0) is 27.9. The predicted octanol–water partition coefficient (Wildman–Crippen LogP) is 4.23. The summed E-state index contributed by atoms with van der Waals surface area (Å²) in [6.45, 7) is 4.76. The number of anilines is 1. The van der Waals surface area contributed by atoms with E-state index in [2.05, 4.69) is 29.4 Å². The molecule has 3 N–H and O–H groups in total. The Morgan fingerprint density at radius 2 is 2.13 bits per heavy atom. The molecule has 8 nitrogen and oxygen atoms in total. The third kappa shape index (κ3) is 7.07. The van der Waals surface area contributed by atoms with Crippen molar-refractivity contribution in [2.75, 3.05) is 52.3 Å². The van der Waals surface area contributed by atoms with Crippen LogP contribution in [0.3, 0.4) is 0 Å². The largest absolute Gasteiger partial charge is 0.493 e. The Hall–Kier alpha value is -2.75. The standard InChI is InChI=1S/C30H43FN4O4/c1-20(19-36)22-16-25(28(39-3)26(31)17-22)27(30(37)38)35-15-12-24(18-35)34(2)14-6-4-5-9-23-11-10-21-8-7-13-32-29(21)33-23/h10-11,16-17,20,24,27,36H,4-9,12-15,18-19H2,1-3H3,(H,32,33)(H,37,38)/t20-,24+,27-/m0/s1. The van der Waals surface area contributed by atoms with Crippen molar-refractivity contribution in [2.45, 2.75) is 69.9 Å². The van der Waals surface area contributed by atoms with Gasteiger partial charge in [0.25, 0.3) is 0 Å². The number of methoxy groups -OCH3 is 1. The van der Waals surface area contributed by atoms with Gasteiger partial charge in [-0.1, -0.05) is 19.4 Å². The molecule has 4 rings (SSSR count). The van der Waals surface area contributed by atoms with E-state index >= 15 is 0 Å². The number of fused-ring (bicyclic) bond motifs is 1. The quantitative estimate of drug-likeness (QED) is 0.324. The SMILES string of the molecule is COc1c(F)cc([C@@H](C)CO)cc1[C@@H](C(=O)O)N1CC[C@@H](N(C)CCCCCc2ccc3c(n2)NCCC3)C1. The van der Waals surface area contributed by atoms with Crippen LogP contribution < -0.4 is 10.1 Å². The van der Waals surface area contributed by atoms with Crippen LogP contribution in [0, 0.1) is 5.82 Å². The van der Waals surface area contributed by atoms with Gasteiger partial charge in [0, 0.05) is 49.5 Å². The number of carboxylic acids is 1. The van der Waals surface area contributed by atoms with E-state index in [0.29, 0.717) is 24.2 Å². The van der Waals surface area contributed by atoms with Gasteiger partial charge in [-0.15, -0.1) is 0 Å². The van der Waals surface area contributed by atoms with Crippen molar-refractivity contribution in [2.24, 2.45) is 0 Å². The number of ether oxygens (including phenoxy) is 1. The molecule has 0 radical (unpaired) electrons. The summed E-state index contributed by atoms with van der Waals surface area (Å²) < 4.78 is 20.2. The van der Waals surface area contributed by atoms with E-state index in [1.54, 1.807) is 13.0 Å². The number of rotatable bonds is 13. The lowest BCUT2D eigenvalue weighted by atomic mass is 9.95. The maximum absolute atomic E-state index is 14.9.